The van der Waals surface area contributed by atoms with Crippen LogP contribution >= 0.6 is 0 Å². The van der Waals surface area contributed by atoms with Gasteiger partial charge in [-0.3, -0.25) is 0 Å². The molecule has 1 rings (SSSR count). The maximum absolute atomic E-state index is 12.7. The zero-order valence-electron chi connectivity index (χ0n) is 10.2. The zero-order valence-corrected chi connectivity index (χ0v) is 10.2. The number of nitrogens with zero attached hydrogens (tertiary/aromatic N) is 1. The predicted molar refractivity (Wildman–Crippen MR) is 62.7 cm³/mol. The van der Waals surface area contributed by atoms with Gasteiger partial charge in [-0.25, -0.2) is 14.5 Å². The molecule has 0 aliphatic carbocycles. The largest absolute Gasteiger partial charge is 0.418 e. The van der Waals surface area contributed by atoms with Gasteiger partial charge in [0.15, 0.2) is 0 Å². The topological polar surface area (TPSA) is 61.4 Å². The quantitative estimate of drug-likeness (QED) is 0.827. The molecule has 4 amide bonds. The lowest BCUT2D eigenvalue weighted by atomic mass is 10.1. The van der Waals surface area contributed by atoms with Gasteiger partial charge in [0.25, 0.3) is 0 Å². The first-order valence-corrected chi connectivity index (χ1v) is 5.20. The number of alkyl halides is 3. The van der Waals surface area contributed by atoms with E-state index in [1.807, 2.05) is 5.32 Å². The molecular formula is C11H12F3N3O2. The Kier molecular flexibility index (Phi) is 4.36. The lowest BCUT2D eigenvalue weighted by Gasteiger charge is -2.18. The number of anilines is 1. The number of urea groups is 2. The molecule has 0 radical (unpaired) electrons. The molecule has 0 saturated carbocycles. The van der Waals surface area contributed by atoms with E-state index in [1.54, 1.807) is 0 Å². The molecule has 1 aromatic rings. The molecule has 0 aliphatic rings. The van der Waals surface area contributed by atoms with Crippen LogP contribution in [0.3, 0.4) is 0 Å². The van der Waals surface area contributed by atoms with E-state index >= 15 is 0 Å². The highest BCUT2D eigenvalue weighted by Gasteiger charge is 2.33. The number of benzene rings is 1. The van der Waals surface area contributed by atoms with Crippen LogP contribution in [0.4, 0.5) is 28.4 Å². The zero-order chi connectivity index (χ0) is 14.6. The van der Waals surface area contributed by atoms with Gasteiger partial charge in [-0.15, -0.1) is 0 Å². The fourth-order valence-corrected chi connectivity index (χ4v) is 1.30. The first-order chi connectivity index (χ1) is 8.77. The molecule has 0 atom stereocenters. The number of amides is 4. The van der Waals surface area contributed by atoms with Crippen LogP contribution in [0.1, 0.15) is 5.56 Å². The van der Waals surface area contributed by atoms with E-state index < -0.39 is 29.5 Å². The van der Waals surface area contributed by atoms with Gasteiger partial charge < -0.3 is 10.6 Å². The minimum Gasteiger partial charge on any atom is -0.341 e. The molecule has 2 N–H and O–H groups in total. The third-order valence-electron chi connectivity index (χ3n) is 2.30. The van der Waals surface area contributed by atoms with Gasteiger partial charge >= 0.3 is 18.2 Å². The molecule has 8 heteroatoms. The summed E-state index contributed by atoms with van der Waals surface area (Å²) in [4.78, 5) is 23.4. The Morgan fingerprint density at radius 3 is 2.26 bits per heavy atom. The van der Waals surface area contributed by atoms with E-state index in [4.69, 9.17) is 0 Å². The van der Waals surface area contributed by atoms with Crippen molar-refractivity contribution in [2.24, 2.45) is 0 Å². The van der Waals surface area contributed by atoms with Crippen molar-refractivity contribution in [1.29, 1.82) is 0 Å². The summed E-state index contributed by atoms with van der Waals surface area (Å²) in [7, 11) is 2.44. The molecule has 104 valence electrons. The molecule has 1 aromatic carbocycles. The SMILES string of the molecule is CNC(=O)N(C)C(=O)Nc1ccccc1C(F)(F)F. The van der Waals surface area contributed by atoms with Crippen LogP contribution in [0.2, 0.25) is 0 Å². The number of carbonyl (C=O) groups is 2. The van der Waals surface area contributed by atoms with Crippen molar-refractivity contribution in [3.63, 3.8) is 0 Å². The van der Waals surface area contributed by atoms with E-state index in [2.05, 4.69) is 5.32 Å². The normalized spacial score (nSPS) is 10.8. The summed E-state index contributed by atoms with van der Waals surface area (Å²) < 4.78 is 38.0. The molecule has 0 saturated heterocycles. The number of rotatable bonds is 1. The molecule has 5 nitrogen and oxygen atoms in total. The minimum absolute atomic E-state index is 0.407. The molecule has 0 heterocycles. The van der Waals surface area contributed by atoms with Crippen LogP contribution in [-0.4, -0.2) is 31.1 Å². The standard InChI is InChI=1S/C11H12F3N3O2/c1-15-9(18)17(2)10(19)16-8-6-4-3-5-7(8)11(12,13)14/h3-6H,1-2H3,(H,15,18)(H,16,19). The van der Waals surface area contributed by atoms with E-state index in [0.717, 1.165) is 19.2 Å². The molecule has 0 aromatic heterocycles. The van der Waals surface area contributed by atoms with Gasteiger partial charge in [0.1, 0.15) is 0 Å². The Bertz CT molecular complexity index is 488. The van der Waals surface area contributed by atoms with E-state index in [0.29, 0.717) is 4.90 Å². The third kappa shape index (κ3) is 3.60. The van der Waals surface area contributed by atoms with Crippen LogP contribution in [0.15, 0.2) is 24.3 Å². The minimum atomic E-state index is -4.59. The molecule has 0 bridgehead atoms. The summed E-state index contributed by atoms with van der Waals surface area (Å²) >= 11 is 0. The van der Waals surface area contributed by atoms with Crippen LogP contribution in [0.5, 0.6) is 0 Å². The Labute approximate surface area is 107 Å². The van der Waals surface area contributed by atoms with Crippen molar-refractivity contribution >= 4 is 17.7 Å². The summed E-state index contributed by atoms with van der Waals surface area (Å²) in [6, 6.07) is 2.82. The van der Waals surface area contributed by atoms with Gasteiger partial charge in [0.05, 0.1) is 11.3 Å². The Morgan fingerprint density at radius 2 is 1.74 bits per heavy atom. The van der Waals surface area contributed by atoms with Crippen molar-refractivity contribution in [3.05, 3.63) is 29.8 Å². The maximum Gasteiger partial charge on any atom is 0.418 e. The summed E-state index contributed by atoms with van der Waals surface area (Å²) in [6.07, 6.45) is -4.59. The number of para-hydroxylation sites is 1. The number of imide groups is 1. The molecule has 0 spiro atoms. The summed E-state index contributed by atoms with van der Waals surface area (Å²) in [6.45, 7) is 0. The highest BCUT2D eigenvalue weighted by atomic mass is 19.4. The van der Waals surface area contributed by atoms with Crippen LogP contribution < -0.4 is 10.6 Å². The van der Waals surface area contributed by atoms with Gasteiger partial charge in [0.2, 0.25) is 0 Å². The molecular weight excluding hydrogens is 263 g/mol. The molecule has 0 unspecified atom stereocenters. The maximum atomic E-state index is 12.7. The lowest BCUT2D eigenvalue weighted by molar-refractivity contribution is -0.136. The van der Waals surface area contributed by atoms with Gasteiger partial charge in [0, 0.05) is 14.1 Å². The second-order valence-electron chi connectivity index (χ2n) is 3.59. The van der Waals surface area contributed by atoms with Crippen molar-refractivity contribution in [1.82, 2.24) is 10.2 Å². The third-order valence-corrected chi connectivity index (χ3v) is 2.30. The predicted octanol–water partition coefficient (Wildman–Crippen LogP) is 2.51. The Morgan fingerprint density at radius 1 is 1.16 bits per heavy atom. The van der Waals surface area contributed by atoms with Crippen molar-refractivity contribution in [3.8, 4) is 0 Å². The Hall–Kier alpha value is -2.25. The fourth-order valence-electron chi connectivity index (χ4n) is 1.30. The molecule has 19 heavy (non-hydrogen) atoms. The average Bonchev–Trinajstić information content (AvgIpc) is 2.36. The summed E-state index contributed by atoms with van der Waals surface area (Å²) in [5.41, 5.74) is -1.38. The molecule has 0 fully saturated rings. The van der Waals surface area contributed by atoms with Gasteiger partial charge in [-0.2, -0.15) is 13.2 Å². The second kappa shape index (κ2) is 5.59. The van der Waals surface area contributed by atoms with Crippen LogP contribution in [0.25, 0.3) is 0 Å². The van der Waals surface area contributed by atoms with E-state index in [-0.39, 0.29) is 0 Å². The van der Waals surface area contributed by atoms with Gasteiger partial charge in [-0.1, -0.05) is 12.1 Å². The fraction of sp³-hybridized carbons (Fsp3) is 0.273. The molecule has 0 aliphatic heterocycles. The first-order valence-electron chi connectivity index (χ1n) is 5.20. The summed E-state index contributed by atoms with van der Waals surface area (Å²) in [5.74, 6) is 0. The van der Waals surface area contributed by atoms with Crippen LogP contribution in [0, 0.1) is 0 Å². The van der Waals surface area contributed by atoms with Crippen molar-refractivity contribution < 1.29 is 22.8 Å². The highest BCUT2D eigenvalue weighted by Crippen LogP contribution is 2.34. The number of nitrogens with one attached hydrogen (secondary N) is 2. The average molecular weight is 275 g/mol. The number of hydrogen-bond acceptors (Lipinski definition) is 2. The lowest BCUT2D eigenvalue weighted by Crippen LogP contribution is -2.42. The Balaban J connectivity index is 2.95. The van der Waals surface area contributed by atoms with E-state index in [1.165, 1.54) is 19.2 Å². The van der Waals surface area contributed by atoms with Crippen molar-refractivity contribution in [2.45, 2.75) is 6.18 Å². The second-order valence-corrected chi connectivity index (χ2v) is 3.59. The number of carbonyl (C=O) groups excluding carboxylic acids is 2. The first kappa shape index (κ1) is 14.8. The van der Waals surface area contributed by atoms with Gasteiger partial charge in [-0.05, 0) is 12.1 Å². The number of hydrogen-bond donors (Lipinski definition) is 2. The van der Waals surface area contributed by atoms with Crippen LogP contribution in [-0.2, 0) is 6.18 Å². The van der Waals surface area contributed by atoms with E-state index in [9.17, 15) is 22.8 Å². The smallest absolute Gasteiger partial charge is 0.341 e. The highest BCUT2D eigenvalue weighted by molar-refractivity contribution is 6.00. The monoisotopic (exact) mass is 275 g/mol. The number of halogens is 3. The summed E-state index contributed by atoms with van der Waals surface area (Å²) in [5, 5.41) is 4.22. The van der Waals surface area contributed by atoms with Crippen molar-refractivity contribution in [2.75, 3.05) is 19.4 Å².